The van der Waals surface area contributed by atoms with Gasteiger partial charge in [-0.1, -0.05) is 29.3 Å². The van der Waals surface area contributed by atoms with Crippen molar-refractivity contribution < 1.29 is 9.21 Å². The topological polar surface area (TPSA) is 42.2 Å². The average Bonchev–Trinajstić information content (AvgIpc) is 3.04. The lowest BCUT2D eigenvalue weighted by molar-refractivity contribution is -0.122. The maximum absolute atomic E-state index is 12.0. The molecule has 0 spiro atoms. The first-order valence-corrected chi connectivity index (χ1v) is 7.16. The number of furan rings is 1. The molecule has 1 N–H and O–H groups in total. The number of carbonyl (C=O) groups is 1. The first kappa shape index (κ1) is 13.5. The Morgan fingerprint density at radius 1 is 1.35 bits per heavy atom. The quantitative estimate of drug-likeness (QED) is 0.927. The van der Waals surface area contributed by atoms with Crippen LogP contribution in [-0.2, 0) is 11.3 Å². The molecule has 3 nitrogen and oxygen atoms in total. The molecule has 1 saturated carbocycles. The van der Waals surface area contributed by atoms with Crippen molar-refractivity contribution in [2.75, 3.05) is 0 Å². The fourth-order valence-corrected chi connectivity index (χ4v) is 2.76. The molecule has 1 aliphatic rings. The Bertz CT molecular complexity index is 625. The highest BCUT2D eigenvalue weighted by atomic mass is 35.5. The number of hydrogen-bond donors (Lipinski definition) is 1. The fraction of sp³-hybridized carbons (Fsp3) is 0.267. The van der Waals surface area contributed by atoms with E-state index in [4.69, 9.17) is 27.6 Å². The molecular formula is C15H13Cl2NO2. The fourth-order valence-electron chi connectivity index (χ4n) is 2.28. The third-order valence-electron chi connectivity index (χ3n) is 3.50. The van der Waals surface area contributed by atoms with Crippen molar-refractivity contribution in [3.8, 4) is 0 Å². The Morgan fingerprint density at radius 3 is 2.90 bits per heavy atom. The van der Waals surface area contributed by atoms with Gasteiger partial charge in [-0.2, -0.15) is 0 Å². The minimum atomic E-state index is 0.00669. The summed E-state index contributed by atoms with van der Waals surface area (Å²) in [6.45, 7) is 0.413. The van der Waals surface area contributed by atoms with Crippen LogP contribution in [-0.4, -0.2) is 5.91 Å². The third-order valence-corrected chi connectivity index (χ3v) is 4.09. The molecule has 0 aliphatic heterocycles. The van der Waals surface area contributed by atoms with Gasteiger partial charge in [0.1, 0.15) is 5.76 Å². The van der Waals surface area contributed by atoms with Gasteiger partial charge in [0.05, 0.1) is 6.26 Å². The second kappa shape index (κ2) is 5.51. The van der Waals surface area contributed by atoms with Gasteiger partial charge in [-0.15, -0.1) is 0 Å². The maximum atomic E-state index is 12.0. The molecule has 0 radical (unpaired) electrons. The first-order chi connectivity index (χ1) is 9.65. The van der Waals surface area contributed by atoms with Gasteiger partial charge in [-0.3, -0.25) is 4.79 Å². The molecule has 1 aromatic carbocycles. The Balaban J connectivity index is 1.56. The number of rotatable bonds is 4. The van der Waals surface area contributed by atoms with Crippen molar-refractivity contribution in [2.24, 2.45) is 5.92 Å². The van der Waals surface area contributed by atoms with Crippen LogP contribution >= 0.6 is 23.2 Å². The lowest BCUT2D eigenvalue weighted by Gasteiger charge is -2.07. The normalized spacial score (nSPS) is 20.7. The molecule has 0 bridgehead atoms. The predicted molar refractivity (Wildman–Crippen MR) is 77.9 cm³/mol. The van der Waals surface area contributed by atoms with E-state index in [9.17, 15) is 4.79 Å². The van der Waals surface area contributed by atoms with E-state index in [1.54, 1.807) is 18.4 Å². The van der Waals surface area contributed by atoms with Crippen LogP contribution in [0.3, 0.4) is 0 Å². The zero-order chi connectivity index (χ0) is 14.1. The molecule has 2 unspecified atom stereocenters. The van der Waals surface area contributed by atoms with Crippen molar-refractivity contribution in [3.63, 3.8) is 0 Å². The summed E-state index contributed by atoms with van der Waals surface area (Å²) in [6.07, 6.45) is 2.48. The Hall–Kier alpha value is -1.45. The minimum absolute atomic E-state index is 0.00669. The summed E-state index contributed by atoms with van der Waals surface area (Å²) in [5.41, 5.74) is 0.861. The van der Waals surface area contributed by atoms with E-state index in [0.717, 1.165) is 17.7 Å². The van der Waals surface area contributed by atoms with E-state index < -0.39 is 0 Å². The smallest absolute Gasteiger partial charge is 0.224 e. The SMILES string of the molecule is O=C(NCc1ccc(Cl)cc1Cl)C1CC1c1ccco1. The van der Waals surface area contributed by atoms with Gasteiger partial charge in [-0.05, 0) is 36.2 Å². The lowest BCUT2D eigenvalue weighted by Crippen LogP contribution is -2.25. The van der Waals surface area contributed by atoms with E-state index >= 15 is 0 Å². The van der Waals surface area contributed by atoms with E-state index in [2.05, 4.69) is 5.32 Å². The highest BCUT2D eigenvalue weighted by Gasteiger charge is 2.45. The van der Waals surface area contributed by atoms with Crippen molar-refractivity contribution in [1.29, 1.82) is 0 Å². The number of benzene rings is 1. The van der Waals surface area contributed by atoms with Crippen LogP contribution in [0.25, 0.3) is 0 Å². The van der Waals surface area contributed by atoms with Gasteiger partial charge in [0.15, 0.2) is 0 Å². The van der Waals surface area contributed by atoms with Crippen LogP contribution in [0.4, 0.5) is 0 Å². The summed E-state index contributed by atoms with van der Waals surface area (Å²) in [6, 6.07) is 9.01. The minimum Gasteiger partial charge on any atom is -0.469 e. The molecule has 5 heteroatoms. The van der Waals surface area contributed by atoms with Crippen LogP contribution in [0.5, 0.6) is 0 Å². The third kappa shape index (κ3) is 2.84. The van der Waals surface area contributed by atoms with Crippen molar-refractivity contribution in [2.45, 2.75) is 18.9 Å². The summed E-state index contributed by atoms with van der Waals surface area (Å²) >= 11 is 11.9. The molecular weight excluding hydrogens is 297 g/mol. The molecule has 20 heavy (non-hydrogen) atoms. The van der Waals surface area contributed by atoms with Gasteiger partial charge >= 0.3 is 0 Å². The van der Waals surface area contributed by atoms with E-state index in [-0.39, 0.29) is 17.7 Å². The van der Waals surface area contributed by atoms with Gasteiger partial charge in [0, 0.05) is 28.4 Å². The van der Waals surface area contributed by atoms with Gasteiger partial charge in [0.25, 0.3) is 0 Å². The van der Waals surface area contributed by atoms with E-state index in [1.807, 2.05) is 18.2 Å². The van der Waals surface area contributed by atoms with Crippen LogP contribution in [0.15, 0.2) is 41.0 Å². The Morgan fingerprint density at radius 2 is 2.20 bits per heavy atom. The summed E-state index contributed by atoms with van der Waals surface area (Å²) in [5.74, 6) is 1.14. The first-order valence-electron chi connectivity index (χ1n) is 6.40. The molecule has 1 aliphatic carbocycles. The Kier molecular flexibility index (Phi) is 3.72. The zero-order valence-electron chi connectivity index (χ0n) is 10.6. The molecule has 1 heterocycles. The lowest BCUT2D eigenvalue weighted by atomic mass is 10.2. The van der Waals surface area contributed by atoms with E-state index in [0.29, 0.717) is 16.6 Å². The van der Waals surface area contributed by atoms with Gasteiger partial charge in [-0.25, -0.2) is 0 Å². The molecule has 1 fully saturated rings. The number of amides is 1. The molecule has 1 aromatic heterocycles. The maximum Gasteiger partial charge on any atom is 0.224 e. The number of halogens is 2. The highest BCUT2D eigenvalue weighted by molar-refractivity contribution is 6.35. The average molecular weight is 310 g/mol. The molecule has 2 aromatic rings. The largest absolute Gasteiger partial charge is 0.469 e. The number of nitrogens with one attached hydrogen (secondary N) is 1. The van der Waals surface area contributed by atoms with Crippen LogP contribution in [0.1, 0.15) is 23.7 Å². The summed E-state index contributed by atoms with van der Waals surface area (Å²) in [7, 11) is 0. The molecule has 1 amide bonds. The van der Waals surface area contributed by atoms with E-state index in [1.165, 1.54) is 0 Å². The summed E-state index contributed by atoms with van der Waals surface area (Å²) < 4.78 is 5.32. The zero-order valence-corrected chi connectivity index (χ0v) is 12.1. The second-order valence-electron chi connectivity index (χ2n) is 4.92. The monoisotopic (exact) mass is 309 g/mol. The molecule has 3 rings (SSSR count). The van der Waals surface area contributed by atoms with Crippen molar-refractivity contribution in [1.82, 2.24) is 5.32 Å². The van der Waals surface area contributed by atoms with Crippen molar-refractivity contribution in [3.05, 3.63) is 58.0 Å². The summed E-state index contributed by atoms with van der Waals surface area (Å²) in [5, 5.41) is 4.06. The van der Waals surface area contributed by atoms with Crippen LogP contribution in [0, 0.1) is 5.92 Å². The molecule has 2 atom stereocenters. The second-order valence-corrected chi connectivity index (χ2v) is 5.76. The number of carbonyl (C=O) groups excluding carboxylic acids is 1. The van der Waals surface area contributed by atoms with Crippen LogP contribution < -0.4 is 5.32 Å². The highest BCUT2D eigenvalue weighted by Crippen LogP contribution is 2.47. The van der Waals surface area contributed by atoms with Crippen LogP contribution in [0.2, 0.25) is 10.0 Å². The van der Waals surface area contributed by atoms with Crippen molar-refractivity contribution >= 4 is 29.1 Å². The van der Waals surface area contributed by atoms with Gasteiger partial charge in [0.2, 0.25) is 5.91 Å². The summed E-state index contributed by atoms with van der Waals surface area (Å²) in [4.78, 5) is 12.0. The van der Waals surface area contributed by atoms with Gasteiger partial charge < -0.3 is 9.73 Å². The standard InChI is InChI=1S/C15H13Cl2NO2/c16-10-4-3-9(13(17)6-10)8-18-15(19)12-7-11(12)14-2-1-5-20-14/h1-6,11-12H,7-8H2,(H,18,19). The Labute approximate surface area is 126 Å². The molecule has 0 saturated heterocycles. The number of hydrogen-bond acceptors (Lipinski definition) is 2. The predicted octanol–water partition coefficient (Wildman–Crippen LogP) is 4.01. The molecule has 104 valence electrons.